The molecule has 1 aromatic heterocycles. The predicted molar refractivity (Wildman–Crippen MR) is 126 cm³/mol. The minimum absolute atomic E-state index is 0.0437. The van der Waals surface area contributed by atoms with E-state index in [-0.39, 0.29) is 11.2 Å². The van der Waals surface area contributed by atoms with Gasteiger partial charge in [0.25, 0.3) is 0 Å². The van der Waals surface area contributed by atoms with Crippen molar-refractivity contribution in [3.05, 3.63) is 78.6 Å². The molecular formula is C23H26N4O3S2. The van der Waals surface area contributed by atoms with Gasteiger partial charge in [-0.2, -0.15) is 9.40 Å². The van der Waals surface area contributed by atoms with Crippen LogP contribution >= 0.6 is 11.8 Å². The van der Waals surface area contributed by atoms with Gasteiger partial charge < -0.3 is 4.90 Å². The number of para-hydroxylation sites is 1. The third-order valence-corrected chi connectivity index (χ3v) is 8.55. The maximum absolute atomic E-state index is 12.9. The molecule has 32 heavy (non-hydrogen) atoms. The molecule has 168 valence electrons. The van der Waals surface area contributed by atoms with Crippen molar-refractivity contribution in [3.63, 3.8) is 0 Å². The summed E-state index contributed by atoms with van der Waals surface area (Å²) in [6.07, 6.45) is 3.80. The fourth-order valence-corrected chi connectivity index (χ4v) is 5.92. The Bertz CT molecular complexity index is 1140. The lowest BCUT2D eigenvalue weighted by Gasteiger charge is -2.35. The summed E-state index contributed by atoms with van der Waals surface area (Å²) in [7, 11) is -3.52. The first-order chi connectivity index (χ1) is 15.4. The highest BCUT2D eigenvalue weighted by Crippen LogP contribution is 2.22. The van der Waals surface area contributed by atoms with Crippen molar-refractivity contribution in [1.29, 1.82) is 0 Å². The van der Waals surface area contributed by atoms with E-state index in [0.717, 1.165) is 11.3 Å². The van der Waals surface area contributed by atoms with Crippen molar-refractivity contribution in [2.75, 3.05) is 26.2 Å². The summed E-state index contributed by atoms with van der Waals surface area (Å²) >= 11 is 1.57. The van der Waals surface area contributed by atoms with Gasteiger partial charge in [-0.3, -0.25) is 4.79 Å². The van der Waals surface area contributed by atoms with Crippen LogP contribution < -0.4 is 0 Å². The molecule has 0 unspecified atom stereocenters. The molecule has 1 aliphatic heterocycles. The summed E-state index contributed by atoms with van der Waals surface area (Å²) in [6, 6.07) is 18.3. The van der Waals surface area contributed by atoms with Crippen molar-refractivity contribution < 1.29 is 13.2 Å². The molecule has 9 heteroatoms. The SMILES string of the molecule is C[C@@H](SCc1cnn(-c2ccccc2)c1)C(=O)N1CCN(S(=O)(=O)c2ccccc2)CC1. The van der Waals surface area contributed by atoms with Gasteiger partial charge in [0, 0.05) is 43.7 Å². The molecule has 4 rings (SSSR count). The highest BCUT2D eigenvalue weighted by molar-refractivity contribution is 7.99. The zero-order chi connectivity index (χ0) is 22.6. The van der Waals surface area contributed by atoms with E-state index in [1.807, 2.05) is 54.3 Å². The van der Waals surface area contributed by atoms with Crippen molar-refractivity contribution in [2.24, 2.45) is 0 Å². The van der Waals surface area contributed by atoms with E-state index in [9.17, 15) is 13.2 Å². The van der Waals surface area contributed by atoms with E-state index in [0.29, 0.717) is 36.8 Å². The lowest BCUT2D eigenvalue weighted by atomic mass is 10.3. The molecule has 1 aliphatic rings. The Labute approximate surface area is 193 Å². The average molecular weight is 471 g/mol. The molecule has 1 fully saturated rings. The fourth-order valence-electron chi connectivity index (χ4n) is 3.60. The van der Waals surface area contributed by atoms with Crippen LogP contribution in [0.15, 0.2) is 78.0 Å². The molecule has 0 aliphatic carbocycles. The van der Waals surface area contributed by atoms with Gasteiger partial charge in [-0.25, -0.2) is 13.1 Å². The molecule has 0 N–H and O–H groups in total. The van der Waals surface area contributed by atoms with E-state index < -0.39 is 10.0 Å². The maximum Gasteiger partial charge on any atom is 0.243 e. The van der Waals surface area contributed by atoms with Gasteiger partial charge in [0.15, 0.2) is 0 Å². The number of amides is 1. The van der Waals surface area contributed by atoms with Crippen molar-refractivity contribution in [1.82, 2.24) is 19.0 Å². The van der Waals surface area contributed by atoms with Crippen molar-refractivity contribution in [3.8, 4) is 5.69 Å². The fraction of sp³-hybridized carbons (Fsp3) is 0.304. The molecule has 3 aromatic rings. The number of piperazine rings is 1. The van der Waals surface area contributed by atoms with Crippen LogP contribution in [0.2, 0.25) is 0 Å². The van der Waals surface area contributed by atoms with Crippen LogP contribution in [0.5, 0.6) is 0 Å². The highest BCUT2D eigenvalue weighted by atomic mass is 32.2. The normalized spacial score (nSPS) is 16.1. The predicted octanol–water partition coefficient (Wildman–Crippen LogP) is 3.03. The molecule has 2 aromatic carbocycles. The van der Waals surface area contributed by atoms with E-state index in [2.05, 4.69) is 5.10 Å². The Kier molecular flexibility index (Phi) is 6.98. The Hall–Kier alpha value is -2.62. The minimum atomic E-state index is -3.52. The average Bonchev–Trinajstić information content (AvgIpc) is 3.32. The van der Waals surface area contributed by atoms with Crippen LogP contribution in [-0.4, -0.2) is 64.7 Å². The number of aromatic nitrogens is 2. The van der Waals surface area contributed by atoms with Gasteiger partial charge in [0.2, 0.25) is 15.9 Å². The standard InChI is InChI=1S/C23H26N4O3S2/c1-19(31-18-20-16-24-27(17-20)21-8-4-2-5-9-21)23(28)25-12-14-26(15-13-25)32(29,30)22-10-6-3-7-11-22/h2-11,16-17,19H,12-15,18H2,1H3/t19-/m1/s1. The number of carbonyl (C=O) groups is 1. The van der Waals surface area contributed by atoms with Crippen LogP contribution in [0.4, 0.5) is 0 Å². The molecule has 1 amide bonds. The van der Waals surface area contributed by atoms with Gasteiger partial charge in [-0.1, -0.05) is 36.4 Å². The summed E-state index contributed by atoms with van der Waals surface area (Å²) < 4.78 is 28.8. The largest absolute Gasteiger partial charge is 0.339 e. The molecule has 7 nitrogen and oxygen atoms in total. The van der Waals surface area contributed by atoms with Gasteiger partial charge in [-0.15, -0.1) is 11.8 Å². The van der Waals surface area contributed by atoms with E-state index in [1.54, 1.807) is 47.0 Å². The summed E-state index contributed by atoms with van der Waals surface area (Å²) in [5.41, 5.74) is 2.05. The molecule has 0 spiro atoms. The molecule has 1 atom stereocenters. The van der Waals surface area contributed by atoms with Gasteiger partial charge in [0.05, 0.1) is 22.0 Å². The minimum Gasteiger partial charge on any atom is -0.339 e. The first kappa shape index (κ1) is 22.6. The number of benzene rings is 2. The molecule has 0 bridgehead atoms. The Morgan fingerprint density at radius 2 is 1.62 bits per heavy atom. The topological polar surface area (TPSA) is 75.5 Å². The number of sulfonamides is 1. The summed E-state index contributed by atoms with van der Waals surface area (Å²) in [5.74, 6) is 0.726. The van der Waals surface area contributed by atoms with Gasteiger partial charge in [-0.05, 0) is 31.2 Å². The Balaban J connectivity index is 1.28. The van der Waals surface area contributed by atoms with Crippen molar-refractivity contribution in [2.45, 2.75) is 22.8 Å². The number of carbonyl (C=O) groups excluding carboxylic acids is 1. The number of hydrogen-bond donors (Lipinski definition) is 0. The third kappa shape index (κ3) is 5.06. The monoisotopic (exact) mass is 470 g/mol. The van der Waals surface area contributed by atoms with Crippen molar-refractivity contribution >= 4 is 27.7 Å². The lowest BCUT2D eigenvalue weighted by molar-refractivity contribution is -0.131. The summed E-state index contributed by atoms with van der Waals surface area (Å²) in [4.78, 5) is 14.9. The zero-order valence-electron chi connectivity index (χ0n) is 17.9. The second kappa shape index (κ2) is 9.89. The van der Waals surface area contributed by atoms with E-state index in [1.165, 1.54) is 4.31 Å². The van der Waals surface area contributed by atoms with Crippen LogP contribution in [0.3, 0.4) is 0 Å². The molecule has 2 heterocycles. The first-order valence-electron chi connectivity index (χ1n) is 10.5. The molecule has 0 saturated carbocycles. The Morgan fingerprint density at radius 1 is 1.00 bits per heavy atom. The van der Waals surface area contributed by atoms with Crippen LogP contribution in [-0.2, 0) is 20.6 Å². The number of nitrogens with zero attached hydrogens (tertiary/aromatic N) is 4. The number of hydrogen-bond acceptors (Lipinski definition) is 5. The van der Waals surface area contributed by atoms with Crippen LogP contribution in [0.1, 0.15) is 12.5 Å². The zero-order valence-corrected chi connectivity index (χ0v) is 19.5. The first-order valence-corrected chi connectivity index (χ1v) is 13.0. The molecule has 0 radical (unpaired) electrons. The maximum atomic E-state index is 12.9. The van der Waals surface area contributed by atoms with Crippen LogP contribution in [0.25, 0.3) is 5.69 Å². The van der Waals surface area contributed by atoms with E-state index >= 15 is 0 Å². The Morgan fingerprint density at radius 3 is 2.28 bits per heavy atom. The second-order valence-electron chi connectivity index (χ2n) is 7.62. The number of rotatable bonds is 7. The van der Waals surface area contributed by atoms with Crippen LogP contribution in [0, 0.1) is 0 Å². The van der Waals surface area contributed by atoms with Gasteiger partial charge >= 0.3 is 0 Å². The quantitative estimate of drug-likeness (QED) is 0.531. The van der Waals surface area contributed by atoms with Gasteiger partial charge in [0.1, 0.15) is 0 Å². The number of thioether (sulfide) groups is 1. The molecule has 1 saturated heterocycles. The summed E-state index contributed by atoms with van der Waals surface area (Å²) in [5, 5.41) is 4.19. The molecular weight excluding hydrogens is 444 g/mol. The second-order valence-corrected chi connectivity index (χ2v) is 10.9. The van der Waals surface area contributed by atoms with E-state index in [4.69, 9.17) is 0 Å². The third-order valence-electron chi connectivity index (χ3n) is 5.44. The lowest BCUT2D eigenvalue weighted by Crippen LogP contribution is -2.52. The smallest absolute Gasteiger partial charge is 0.243 e. The highest BCUT2D eigenvalue weighted by Gasteiger charge is 2.31. The summed E-state index contributed by atoms with van der Waals surface area (Å²) in [6.45, 7) is 3.33.